The number of allylic oxidation sites excluding steroid dienone is 4. The molecule has 7 heteroatoms. The zero-order valence-corrected chi connectivity index (χ0v) is 17.5. The summed E-state index contributed by atoms with van der Waals surface area (Å²) in [7, 11) is 0. The van der Waals surface area contributed by atoms with Crippen LogP contribution < -0.4 is 10.2 Å². The topological polar surface area (TPSA) is 80.3 Å². The zero-order valence-electron chi connectivity index (χ0n) is 12.9. The summed E-state index contributed by atoms with van der Waals surface area (Å²) in [5, 5.41) is 18.6. The number of thiol groups is 2. The number of rotatable bonds is 6. The second kappa shape index (κ2) is 19.9. The molecule has 0 radical (unpaired) electrons. The molecule has 0 aliphatic rings. The Bertz CT molecular complexity index is 290. The van der Waals surface area contributed by atoms with Crippen molar-refractivity contribution in [1.29, 1.82) is 0 Å². The summed E-state index contributed by atoms with van der Waals surface area (Å²) in [5.74, 6) is -2.23. The van der Waals surface area contributed by atoms with Crippen LogP contribution in [0.3, 0.4) is 0 Å². The number of aliphatic carboxylic acids is 2. The minimum absolute atomic E-state index is 0.230. The minimum atomic E-state index is -1.11. The Morgan fingerprint density at radius 2 is 1.19 bits per heavy atom. The SMILES string of the molecule is CC=CCC(S)C(=O)[O-].CC=CCC(S)C(=O)[O-].[CH3][Sn+2][CH3]. The van der Waals surface area contributed by atoms with E-state index in [9.17, 15) is 19.8 Å². The van der Waals surface area contributed by atoms with E-state index in [0.29, 0.717) is 12.8 Å². The van der Waals surface area contributed by atoms with Gasteiger partial charge in [-0.1, -0.05) is 24.3 Å². The average Bonchev–Trinajstić information content (AvgIpc) is 2.43. The first-order valence-corrected chi connectivity index (χ1v) is 13.1. The van der Waals surface area contributed by atoms with Gasteiger partial charge in [-0.2, -0.15) is 25.3 Å². The maximum atomic E-state index is 9.98. The number of carboxylic acids is 2. The molecule has 0 fully saturated rings. The molecule has 0 spiro atoms. The van der Waals surface area contributed by atoms with E-state index < -0.39 is 22.4 Å². The normalized spacial score (nSPS) is 12.5. The monoisotopic (exact) mass is 440 g/mol. The molecular formula is C14H24O4S2Sn. The van der Waals surface area contributed by atoms with Crippen LogP contribution in [0.1, 0.15) is 26.7 Å². The third-order valence-electron chi connectivity index (χ3n) is 1.73. The predicted octanol–water partition coefficient (Wildman–Crippen LogP) is 0.789. The molecule has 2 atom stereocenters. The number of hydrogen-bond donors (Lipinski definition) is 2. The van der Waals surface area contributed by atoms with Gasteiger partial charge >= 0.3 is 31.0 Å². The second-order valence-electron chi connectivity index (χ2n) is 3.78. The maximum absolute atomic E-state index is 9.98. The van der Waals surface area contributed by atoms with Crippen molar-refractivity contribution in [3.8, 4) is 0 Å². The number of carboxylic acid groups (broad SMARTS) is 2. The molecule has 0 N–H and O–H groups in total. The van der Waals surface area contributed by atoms with Gasteiger partial charge in [0, 0.05) is 10.5 Å². The zero-order chi connectivity index (χ0) is 17.3. The van der Waals surface area contributed by atoms with Crippen LogP contribution in [0.15, 0.2) is 24.3 Å². The van der Waals surface area contributed by atoms with Crippen molar-refractivity contribution >= 4 is 58.3 Å². The second-order valence-corrected chi connectivity index (χ2v) is 7.88. The molecule has 0 saturated heterocycles. The average molecular weight is 439 g/mol. The van der Waals surface area contributed by atoms with Crippen molar-refractivity contribution in [2.45, 2.75) is 47.1 Å². The predicted molar refractivity (Wildman–Crippen MR) is 91.9 cm³/mol. The molecule has 0 amide bonds. The third-order valence-corrected chi connectivity index (χ3v) is 2.58. The fourth-order valence-electron chi connectivity index (χ4n) is 0.722. The van der Waals surface area contributed by atoms with Gasteiger partial charge in [0.1, 0.15) is 0 Å². The summed E-state index contributed by atoms with van der Waals surface area (Å²) < 4.78 is 0. The molecule has 0 aliphatic heterocycles. The van der Waals surface area contributed by atoms with E-state index in [0.717, 1.165) is 0 Å². The Hall–Kier alpha value is -0.0813. The summed E-state index contributed by atoms with van der Waals surface area (Å²) >= 11 is 7.72. The van der Waals surface area contributed by atoms with E-state index in [1.165, 1.54) is 0 Å². The molecule has 0 aromatic heterocycles. The first kappa shape index (κ1) is 25.8. The van der Waals surface area contributed by atoms with Gasteiger partial charge in [0.05, 0.1) is 11.9 Å². The van der Waals surface area contributed by atoms with Gasteiger partial charge < -0.3 is 19.8 Å². The first-order valence-electron chi connectivity index (χ1n) is 6.36. The molecular weight excluding hydrogens is 415 g/mol. The molecule has 0 bridgehead atoms. The third kappa shape index (κ3) is 25.2. The van der Waals surface area contributed by atoms with Crippen molar-refractivity contribution in [2.75, 3.05) is 0 Å². The van der Waals surface area contributed by atoms with E-state index in [1.54, 1.807) is 24.3 Å². The number of carbonyl (C=O) groups is 2. The van der Waals surface area contributed by atoms with Crippen LogP contribution in [0.25, 0.3) is 0 Å². The van der Waals surface area contributed by atoms with Crippen LogP contribution in [0.2, 0.25) is 9.88 Å². The van der Waals surface area contributed by atoms with Crippen molar-refractivity contribution in [3.05, 3.63) is 24.3 Å². The van der Waals surface area contributed by atoms with E-state index in [1.807, 2.05) is 13.8 Å². The summed E-state index contributed by atoms with van der Waals surface area (Å²) in [6.45, 7) is 3.66. The van der Waals surface area contributed by atoms with E-state index in [4.69, 9.17) is 0 Å². The standard InChI is InChI=1S/2C6H10O2S.2CH3.Sn/c2*1-2-3-4-5(9)6(7)8;;;/h2*2-3,5,9H,4H2,1H3,(H,7,8);2*1H3;/q;;;;+2/p-2. The molecule has 4 nitrogen and oxygen atoms in total. The Morgan fingerprint density at radius 3 is 1.33 bits per heavy atom. The van der Waals surface area contributed by atoms with E-state index in [2.05, 4.69) is 35.1 Å². The fourth-order valence-corrected chi connectivity index (χ4v) is 0.966. The molecule has 0 rings (SSSR count). The molecule has 0 aliphatic carbocycles. The van der Waals surface area contributed by atoms with Gasteiger partial charge in [0.2, 0.25) is 0 Å². The molecule has 120 valence electrons. The molecule has 2 unspecified atom stereocenters. The van der Waals surface area contributed by atoms with Gasteiger partial charge in [-0.05, 0) is 26.7 Å². The van der Waals surface area contributed by atoms with Gasteiger partial charge in [-0.3, -0.25) is 0 Å². The van der Waals surface area contributed by atoms with Crippen molar-refractivity contribution in [1.82, 2.24) is 0 Å². The molecule has 0 saturated carbocycles. The summed E-state index contributed by atoms with van der Waals surface area (Å²) in [5.41, 5.74) is 0. The summed E-state index contributed by atoms with van der Waals surface area (Å²) in [6.07, 6.45) is 7.92. The van der Waals surface area contributed by atoms with Crippen LogP contribution >= 0.6 is 25.3 Å². The van der Waals surface area contributed by atoms with E-state index >= 15 is 0 Å². The van der Waals surface area contributed by atoms with Gasteiger partial charge in [-0.25, -0.2) is 0 Å². The Balaban J connectivity index is -0.000000260. The van der Waals surface area contributed by atoms with Crippen molar-refractivity contribution < 1.29 is 19.8 Å². The Kier molecular flexibility index (Phi) is 24.5. The van der Waals surface area contributed by atoms with Gasteiger partial charge in [0.25, 0.3) is 0 Å². The first-order chi connectivity index (χ1) is 9.78. The molecule has 0 aromatic carbocycles. The number of hydrogen-bond acceptors (Lipinski definition) is 6. The van der Waals surface area contributed by atoms with Crippen LogP contribution in [-0.4, -0.2) is 43.6 Å². The molecule has 0 aromatic rings. The summed E-state index contributed by atoms with van der Waals surface area (Å²) in [6, 6.07) is 0. The Labute approximate surface area is 149 Å². The number of carbonyl (C=O) groups excluding carboxylic acids is 2. The van der Waals surface area contributed by atoms with Gasteiger partial charge in [-0.15, -0.1) is 0 Å². The summed E-state index contributed by atoms with van der Waals surface area (Å²) in [4.78, 5) is 24.6. The van der Waals surface area contributed by atoms with Crippen molar-refractivity contribution in [2.24, 2.45) is 0 Å². The molecule has 21 heavy (non-hydrogen) atoms. The fraction of sp³-hybridized carbons (Fsp3) is 0.571. The van der Waals surface area contributed by atoms with Crippen LogP contribution in [0.5, 0.6) is 0 Å². The van der Waals surface area contributed by atoms with Crippen LogP contribution in [-0.2, 0) is 9.59 Å². The van der Waals surface area contributed by atoms with Crippen LogP contribution in [0.4, 0.5) is 0 Å². The Morgan fingerprint density at radius 1 is 0.952 bits per heavy atom. The van der Waals surface area contributed by atoms with E-state index in [-0.39, 0.29) is 21.1 Å². The van der Waals surface area contributed by atoms with Crippen molar-refractivity contribution in [3.63, 3.8) is 0 Å². The quantitative estimate of drug-likeness (QED) is 0.365. The van der Waals surface area contributed by atoms with Crippen LogP contribution in [0, 0.1) is 0 Å². The molecule has 0 heterocycles. The van der Waals surface area contributed by atoms with Gasteiger partial charge in [0.15, 0.2) is 0 Å².